The van der Waals surface area contributed by atoms with Gasteiger partial charge in [0.25, 0.3) is 0 Å². The molecule has 0 radical (unpaired) electrons. The van der Waals surface area contributed by atoms with Crippen LogP contribution in [-0.2, 0) is 0 Å². The predicted molar refractivity (Wildman–Crippen MR) is 137 cm³/mol. The van der Waals surface area contributed by atoms with Crippen LogP contribution >= 0.6 is 0 Å². The summed E-state index contributed by atoms with van der Waals surface area (Å²) in [5.41, 5.74) is -0.230. The third-order valence-electron chi connectivity index (χ3n) is 12.3. The minimum absolute atomic E-state index is 0.0264. The predicted octanol–water partition coefficient (Wildman–Crippen LogP) is 5.47. The van der Waals surface area contributed by atoms with Gasteiger partial charge in [0.15, 0.2) is 0 Å². The first-order chi connectivity index (χ1) is 15.5. The van der Waals surface area contributed by atoms with Crippen LogP contribution in [0, 0.1) is 45.3 Å². The zero-order valence-corrected chi connectivity index (χ0v) is 23.1. The second-order valence-electron chi connectivity index (χ2n) is 14.7. The second-order valence-corrected chi connectivity index (χ2v) is 14.7. The molecule has 4 heteroatoms. The van der Waals surface area contributed by atoms with E-state index in [0.29, 0.717) is 5.92 Å². The molecule has 0 heterocycles. The van der Waals surface area contributed by atoms with Gasteiger partial charge in [-0.3, -0.25) is 0 Å². The van der Waals surface area contributed by atoms with Crippen molar-refractivity contribution in [2.75, 3.05) is 0 Å². The zero-order valence-electron chi connectivity index (χ0n) is 23.1. The Hall–Kier alpha value is -0.420. The number of fused-ring (bicyclic) bond motifs is 5. The highest BCUT2D eigenvalue weighted by Crippen LogP contribution is 2.75. The Morgan fingerprint density at radius 1 is 0.941 bits per heavy atom. The Bertz CT molecular complexity index is 813. The van der Waals surface area contributed by atoms with E-state index in [-0.39, 0.29) is 39.4 Å². The van der Waals surface area contributed by atoms with Gasteiger partial charge in [0.05, 0.1) is 23.9 Å². The number of rotatable bonds is 4. The summed E-state index contributed by atoms with van der Waals surface area (Å²) in [7, 11) is 0. The van der Waals surface area contributed by atoms with Gasteiger partial charge >= 0.3 is 0 Å². The Balaban J connectivity index is 1.70. The van der Waals surface area contributed by atoms with Gasteiger partial charge in [-0.2, -0.15) is 0 Å². The molecule has 0 aromatic carbocycles. The lowest BCUT2D eigenvalue weighted by molar-refractivity contribution is -0.274. The van der Waals surface area contributed by atoms with Crippen LogP contribution in [0.3, 0.4) is 0 Å². The smallest absolute Gasteiger partial charge is 0.0654 e. The van der Waals surface area contributed by atoms with E-state index in [1.165, 1.54) is 5.57 Å². The molecule has 0 spiro atoms. The summed E-state index contributed by atoms with van der Waals surface area (Å²) >= 11 is 0. The Morgan fingerprint density at radius 2 is 1.59 bits per heavy atom. The molecular weight excluding hydrogens is 424 g/mol. The SMILES string of the molecule is CC(C)=CCCC(C)(O)[C@H]1CC[C@]2(C)[C@@H]1[C@H](O)C[C@@H]1[C@@]3(C)CC[C@H](O)C(C)(C)[C@@H]3[C@@H](O)C[C@]12C. The van der Waals surface area contributed by atoms with Gasteiger partial charge in [0, 0.05) is 0 Å². The van der Waals surface area contributed by atoms with Crippen molar-refractivity contribution in [1.82, 2.24) is 0 Å². The average molecular weight is 477 g/mol. The molecule has 0 saturated heterocycles. The summed E-state index contributed by atoms with van der Waals surface area (Å²) < 4.78 is 0. The van der Waals surface area contributed by atoms with Gasteiger partial charge in [-0.15, -0.1) is 0 Å². The molecule has 0 aliphatic heterocycles. The molecule has 4 N–H and O–H groups in total. The molecule has 4 aliphatic rings. The molecule has 0 aromatic rings. The molecular formula is C30H52O4. The summed E-state index contributed by atoms with van der Waals surface area (Å²) in [6.07, 6.45) is 7.54. The van der Waals surface area contributed by atoms with Crippen molar-refractivity contribution in [2.45, 2.75) is 131 Å². The molecule has 34 heavy (non-hydrogen) atoms. The van der Waals surface area contributed by atoms with Crippen LogP contribution in [0.2, 0.25) is 0 Å². The van der Waals surface area contributed by atoms with Crippen LogP contribution in [0.15, 0.2) is 11.6 Å². The van der Waals surface area contributed by atoms with Crippen molar-refractivity contribution >= 4 is 0 Å². The molecule has 11 atom stereocenters. The summed E-state index contributed by atoms with van der Waals surface area (Å²) in [5.74, 6) is 0.442. The van der Waals surface area contributed by atoms with Gasteiger partial charge in [-0.05, 0) is 117 Å². The third-order valence-corrected chi connectivity index (χ3v) is 12.3. The Morgan fingerprint density at radius 3 is 2.21 bits per heavy atom. The largest absolute Gasteiger partial charge is 0.393 e. The number of aliphatic hydroxyl groups is 4. The van der Waals surface area contributed by atoms with E-state index in [1.54, 1.807) is 0 Å². The highest BCUT2D eigenvalue weighted by molar-refractivity contribution is 5.21. The first-order valence-electron chi connectivity index (χ1n) is 13.9. The van der Waals surface area contributed by atoms with Gasteiger partial charge in [-0.1, -0.05) is 46.3 Å². The van der Waals surface area contributed by atoms with E-state index in [0.717, 1.165) is 51.4 Å². The normalized spacial score (nSPS) is 51.6. The molecule has 0 bridgehead atoms. The summed E-state index contributed by atoms with van der Waals surface area (Å²) in [4.78, 5) is 0. The van der Waals surface area contributed by atoms with E-state index < -0.39 is 23.9 Å². The van der Waals surface area contributed by atoms with Gasteiger partial charge in [0.1, 0.15) is 0 Å². The van der Waals surface area contributed by atoms with E-state index in [1.807, 2.05) is 6.92 Å². The molecule has 1 unspecified atom stereocenters. The number of aliphatic hydroxyl groups excluding tert-OH is 3. The van der Waals surface area contributed by atoms with Crippen molar-refractivity contribution in [3.8, 4) is 0 Å². The van der Waals surface area contributed by atoms with E-state index in [9.17, 15) is 20.4 Å². The maximum absolute atomic E-state index is 11.8. The van der Waals surface area contributed by atoms with E-state index in [4.69, 9.17) is 0 Å². The van der Waals surface area contributed by atoms with Crippen molar-refractivity contribution in [2.24, 2.45) is 45.3 Å². The molecule has 4 fully saturated rings. The van der Waals surface area contributed by atoms with Crippen molar-refractivity contribution in [3.05, 3.63) is 11.6 Å². The molecule has 4 saturated carbocycles. The first kappa shape index (κ1) is 26.6. The van der Waals surface area contributed by atoms with Gasteiger partial charge in [0.2, 0.25) is 0 Å². The molecule has 0 amide bonds. The molecule has 196 valence electrons. The van der Waals surface area contributed by atoms with Crippen molar-refractivity contribution < 1.29 is 20.4 Å². The van der Waals surface area contributed by atoms with E-state index in [2.05, 4.69) is 54.5 Å². The second kappa shape index (κ2) is 8.30. The molecule has 0 aromatic heterocycles. The first-order valence-corrected chi connectivity index (χ1v) is 13.9. The Kier molecular flexibility index (Phi) is 6.50. The average Bonchev–Trinajstić information content (AvgIpc) is 3.07. The Labute approximate surface area is 208 Å². The standard InChI is InChI=1S/C30H52O4/c1-18(2)10-9-13-30(8,34)19-11-15-28(6)24(19)20(31)16-22-27(5)14-12-23(33)26(3,4)25(27)21(32)17-29(22,28)7/h10,19-25,31-34H,9,11-17H2,1-8H3/t19-,20+,21-,22+,23-,24-,25-,27+,28+,29+,30?/m0/s1. The van der Waals surface area contributed by atoms with Crippen LogP contribution < -0.4 is 0 Å². The third kappa shape index (κ3) is 3.60. The topological polar surface area (TPSA) is 80.9 Å². The van der Waals surface area contributed by atoms with Gasteiger partial charge in [-0.25, -0.2) is 0 Å². The maximum Gasteiger partial charge on any atom is 0.0654 e. The minimum Gasteiger partial charge on any atom is -0.393 e. The fourth-order valence-electron chi connectivity index (χ4n) is 10.5. The highest BCUT2D eigenvalue weighted by Gasteiger charge is 2.72. The fraction of sp³-hybridized carbons (Fsp3) is 0.933. The van der Waals surface area contributed by atoms with E-state index >= 15 is 0 Å². The van der Waals surface area contributed by atoms with Crippen molar-refractivity contribution in [1.29, 1.82) is 0 Å². The van der Waals surface area contributed by atoms with Crippen LogP contribution in [0.5, 0.6) is 0 Å². The van der Waals surface area contributed by atoms with Crippen LogP contribution in [0.1, 0.15) is 107 Å². The zero-order chi connectivity index (χ0) is 25.5. The summed E-state index contributed by atoms with van der Waals surface area (Å²) in [5, 5.41) is 46.0. The number of allylic oxidation sites excluding steroid dienone is 2. The molecule has 4 rings (SSSR count). The maximum atomic E-state index is 11.8. The fourth-order valence-corrected chi connectivity index (χ4v) is 10.5. The lowest BCUT2D eigenvalue weighted by atomic mass is 9.34. The number of hydrogen-bond donors (Lipinski definition) is 4. The van der Waals surface area contributed by atoms with Crippen LogP contribution in [0.4, 0.5) is 0 Å². The highest BCUT2D eigenvalue weighted by atomic mass is 16.3. The van der Waals surface area contributed by atoms with Crippen LogP contribution in [-0.4, -0.2) is 44.3 Å². The summed E-state index contributed by atoms with van der Waals surface area (Å²) in [6.45, 7) is 17.5. The number of hydrogen-bond acceptors (Lipinski definition) is 4. The van der Waals surface area contributed by atoms with Gasteiger partial charge < -0.3 is 20.4 Å². The minimum atomic E-state index is -0.810. The van der Waals surface area contributed by atoms with Crippen LogP contribution in [0.25, 0.3) is 0 Å². The quantitative estimate of drug-likeness (QED) is 0.406. The lowest BCUT2D eigenvalue weighted by Gasteiger charge is -2.71. The lowest BCUT2D eigenvalue weighted by Crippen LogP contribution is -2.69. The molecule has 4 nitrogen and oxygen atoms in total. The molecule has 4 aliphatic carbocycles. The summed E-state index contributed by atoms with van der Waals surface area (Å²) in [6, 6.07) is 0. The van der Waals surface area contributed by atoms with Crippen molar-refractivity contribution in [3.63, 3.8) is 0 Å². The monoisotopic (exact) mass is 476 g/mol.